The number of carbonyl (C=O) groups is 3. The normalized spacial score (nSPS) is 19.1. The molecule has 4 rings (SSSR count). The number of esters is 2. The number of carbonyl (C=O) groups excluding carboxylic acids is 3. The summed E-state index contributed by atoms with van der Waals surface area (Å²) in [5, 5.41) is 2.77. The number of ether oxygens (including phenoxy) is 2. The van der Waals surface area contributed by atoms with E-state index < -0.39 is 51.0 Å². The molecule has 7 nitrogen and oxygen atoms in total. The molecule has 0 aliphatic carbocycles. The molecule has 2 aliphatic rings. The Bertz CT molecular complexity index is 1270. The molecule has 1 fully saturated rings. The van der Waals surface area contributed by atoms with Crippen molar-refractivity contribution >= 4 is 107 Å². The maximum atomic E-state index is 13.9. The van der Waals surface area contributed by atoms with E-state index in [1.807, 2.05) is 60.7 Å². The first-order valence-corrected chi connectivity index (χ1v) is 17.8. The van der Waals surface area contributed by atoms with Gasteiger partial charge in [-0.15, -0.1) is 11.8 Å². The quantitative estimate of drug-likeness (QED) is 0.123. The number of nitrogens with zero attached hydrogens (tertiary/aromatic N) is 1. The number of fused-ring (bicyclic) bond motifs is 1. The van der Waals surface area contributed by atoms with E-state index in [1.165, 1.54) is 23.6 Å². The Labute approximate surface area is 279 Å². The summed E-state index contributed by atoms with van der Waals surface area (Å²) in [6.07, 6.45) is -0.616. The van der Waals surface area contributed by atoms with E-state index in [0.717, 1.165) is 11.1 Å². The average Bonchev–Trinajstić information content (AvgIpc) is 2.91. The van der Waals surface area contributed by atoms with Crippen LogP contribution in [0, 0.1) is 0 Å². The predicted molar refractivity (Wildman–Crippen MR) is 173 cm³/mol. The molecular weight excluding hydrogens is 708 g/mol. The molecule has 0 bridgehead atoms. The molecule has 1 saturated heterocycles. The van der Waals surface area contributed by atoms with Crippen LogP contribution < -0.4 is 5.09 Å². The number of benzene rings is 2. The van der Waals surface area contributed by atoms with Crippen molar-refractivity contribution in [2.24, 2.45) is 0 Å². The Morgan fingerprint density at radius 2 is 1.50 bits per heavy atom. The van der Waals surface area contributed by atoms with Crippen LogP contribution in [0.2, 0.25) is 0 Å². The topological polar surface area (TPSA) is 84.9 Å². The number of thioether (sulfide) groups is 1. The van der Waals surface area contributed by atoms with Gasteiger partial charge in [0.15, 0.2) is 12.1 Å². The van der Waals surface area contributed by atoms with Crippen molar-refractivity contribution in [1.29, 1.82) is 0 Å². The van der Waals surface area contributed by atoms with Gasteiger partial charge in [-0.05, 0) is 11.1 Å². The first-order valence-electron chi connectivity index (χ1n) is 12.6. The number of hydrogen-bond donors (Lipinski definition) is 1. The van der Waals surface area contributed by atoms with Crippen molar-refractivity contribution in [3.63, 3.8) is 0 Å². The van der Waals surface area contributed by atoms with E-state index in [-0.39, 0.29) is 24.6 Å². The lowest BCUT2D eigenvalue weighted by atomic mass is 10.0. The van der Waals surface area contributed by atoms with Crippen LogP contribution >= 0.6 is 89.4 Å². The first-order chi connectivity index (χ1) is 19.7. The Hall–Kier alpha value is -0.930. The van der Waals surface area contributed by atoms with Crippen LogP contribution in [-0.2, 0) is 23.9 Å². The number of alkyl halides is 6. The van der Waals surface area contributed by atoms with Gasteiger partial charge in [-0.25, -0.2) is 4.79 Å². The van der Waals surface area contributed by atoms with Gasteiger partial charge in [0, 0.05) is 18.2 Å². The van der Waals surface area contributed by atoms with Crippen LogP contribution in [0.15, 0.2) is 71.9 Å². The standard InChI is InChI=1S/C27H25Cl6N2O5PS/c1-16(36)39-12-19-13-42-24-20(34-41(14-26(28,29)30)15-27(31,32)33)23(37)35(24)21(19)25(38)40-22(17-8-4-2-5-9-17)18-10-6-3-7-11-18/h2-11,20,22,24,34H,12-15H2,1H3/p+1/t20-,24+/m0/s1. The molecule has 15 heteroatoms. The van der Waals surface area contributed by atoms with Gasteiger partial charge < -0.3 is 9.47 Å². The van der Waals surface area contributed by atoms with Crippen LogP contribution in [0.1, 0.15) is 24.2 Å². The highest BCUT2D eigenvalue weighted by Gasteiger charge is 2.56. The highest BCUT2D eigenvalue weighted by Crippen LogP contribution is 2.50. The van der Waals surface area contributed by atoms with E-state index in [4.69, 9.17) is 79.1 Å². The van der Waals surface area contributed by atoms with Crippen molar-refractivity contribution in [3.05, 3.63) is 83.1 Å². The number of nitrogens with one attached hydrogen (secondary N) is 1. The summed E-state index contributed by atoms with van der Waals surface area (Å²) < 4.78 is 8.06. The Balaban J connectivity index is 1.62. The third-order valence-corrected chi connectivity index (χ3v) is 12.4. The van der Waals surface area contributed by atoms with Crippen molar-refractivity contribution in [2.75, 3.05) is 24.7 Å². The number of hydrogen-bond acceptors (Lipinski definition) is 7. The van der Waals surface area contributed by atoms with Crippen molar-refractivity contribution in [1.82, 2.24) is 9.99 Å². The van der Waals surface area contributed by atoms with Gasteiger partial charge in [0.25, 0.3) is 5.91 Å². The van der Waals surface area contributed by atoms with Crippen molar-refractivity contribution < 1.29 is 23.9 Å². The van der Waals surface area contributed by atoms with E-state index in [1.54, 1.807) is 0 Å². The summed E-state index contributed by atoms with van der Waals surface area (Å²) >= 11 is 37.7. The average molecular weight is 734 g/mol. The zero-order valence-corrected chi connectivity index (χ0v) is 28.4. The van der Waals surface area contributed by atoms with Crippen molar-refractivity contribution in [3.8, 4) is 0 Å². The molecule has 0 unspecified atom stereocenters. The minimum atomic E-state index is -1.87. The first kappa shape index (κ1) is 34.0. The largest absolute Gasteiger partial charge is 0.461 e. The molecule has 2 aromatic rings. The molecule has 42 heavy (non-hydrogen) atoms. The van der Waals surface area contributed by atoms with Crippen molar-refractivity contribution in [2.45, 2.75) is 32.0 Å². The van der Waals surface area contributed by atoms with Crippen LogP contribution in [0.3, 0.4) is 0 Å². The molecule has 2 aliphatic heterocycles. The lowest BCUT2D eigenvalue weighted by Gasteiger charge is -2.49. The van der Waals surface area contributed by atoms with Crippen LogP contribution in [-0.4, -0.2) is 66.4 Å². The molecule has 2 aromatic carbocycles. The monoisotopic (exact) mass is 731 g/mol. The Morgan fingerprint density at radius 1 is 0.976 bits per heavy atom. The van der Waals surface area contributed by atoms with E-state index in [0.29, 0.717) is 11.3 Å². The molecule has 0 spiro atoms. The molecule has 1 N–H and O–H groups in total. The van der Waals surface area contributed by atoms with Gasteiger partial charge in [-0.1, -0.05) is 130 Å². The zero-order chi connectivity index (χ0) is 30.7. The summed E-state index contributed by atoms with van der Waals surface area (Å²) in [5.74, 6) is -1.33. The highest BCUT2D eigenvalue weighted by molar-refractivity contribution is 8.00. The predicted octanol–water partition coefficient (Wildman–Crippen LogP) is 6.88. The number of halogens is 6. The number of rotatable bonds is 10. The fourth-order valence-electron chi connectivity index (χ4n) is 4.59. The second kappa shape index (κ2) is 14.4. The maximum Gasteiger partial charge on any atom is 0.356 e. The number of β-lactam (4-membered cyclic amide) rings is 1. The molecule has 2 atom stereocenters. The molecule has 0 radical (unpaired) electrons. The lowest BCUT2D eigenvalue weighted by Crippen LogP contribution is -2.69. The molecule has 1 amide bonds. The lowest BCUT2D eigenvalue weighted by molar-refractivity contribution is -0.153. The minimum absolute atomic E-state index is 0.0384. The smallest absolute Gasteiger partial charge is 0.356 e. The van der Waals surface area contributed by atoms with Gasteiger partial charge in [0.1, 0.15) is 30.0 Å². The summed E-state index contributed by atoms with van der Waals surface area (Å²) in [6.45, 7) is 1.10. The minimum Gasteiger partial charge on any atom is -0.461 e. The third kappa shape index (κ3) is 9.06. The summed E-state index contributed by atoms with van der Waals surface area (Å²) in [6, 6.07) is 17.8. The van der Waals surface area contributed by atoms with E-state index >= 15 is 0 Å². The van der Waals surface area contributed by atoms with Gasteiger partial charge in [0.2, 0.25) is 7.59 Å². The summed E-state index contributed by atoms with van der Waals surface area (Å²) in [4.78, 5) is 40.5. The van der Waals surface area contributed by atoms with Gasteiger partial charge >= 0.3 is 11.9 Å². The second-order valence-corrected chi connectivity index (χ2v) is 17.9. The van der Waals surface area contributed by atoms with E-state index in [9.17, 15) is 14.4 Å². The van der Waals surface area contributed by atoms with Crippen LogP contribution in [0.4, 0.5) is 0 Å². The van der Waals surface area contributed by atoms with Gasteiger partial charge in [-0.2, -0.15) is 5.09 Å². The Morgan fingerprint density at radius 3 is 1.98 bits per heavy atom. The zero-order valence-electron chi connectivity index (χ0n) is 22.0. The SMILES string of the molecule is CC(=O)OCC1=C(C(=O)OC(c2ccccc2)c2ccccc2)N2C(=O)[C@H](N[PH+](CC(Cl)(Cl)Cl)CC(Cl)(Cl)Cl)[C@H]2SC1. The fourth-order valence-corrected chi connectivity index (χ4v) is 11.0. The van der Waals surface area contributed by atoms with E-state index in [2.05, 4.69) is 5.09 Å². The van der Waals surface area contributed by atoms with Crippen LogP contribution in [0.5, 0.6) is 0 Å². The molecular formula is C27H26Cl6N2O5PS+. The molecule has 0 aromatic heterocycles. The number of amides is 1. The molecule has 2 heterocycles. The maximum absolute atomic E-state index is 13.9. The van der Waals surface area contributed by atoms with Gasteiger partial charge in [0.05, 0.1) is 8.07 Å². The highest BCUT2D eigenvalue weighted by atomic mass is 35.6. The molecule has 226 valence electrons. The summed E-state index contributed by atoms with van der Waals surface area (Å²) in [5.41, 5.74) is 2.00. The molecule has 0 saturated carbocycles. The Kier molecular flexibility index (Phi) is 11.7. The summed E-state index contributed by atoms with van der Waals surface area (Å²) in [7, 11) is -1.87. The van der Waals surface area contributed by atoms with Crippen LogP contribution in [0.25, 0.3) is 0 Å². The van der Waals surface area contributed by atoms with Gasteiger partial charge in [-0.3, -0.25) is 14.5 Å². The second-order valence-electron chi connectivity index (χ2n) is 9.56. The fraction of sp³-hybridized carbons (Fsp3) is 0.370. The third-order valence-electron chi connectivity index (χ3n) is 6.31.